The summed E-state index contributed by atoms with van der Waals surface area (Å²) >= 11 is 0. The van der Waals surface area contributed by atoms with Crippen LogP contribution in [-0.2, 0) is 6.54 Å². The summed E-state index contributed by atoms with van der Waals surface area (Å²) in [5, 5.41) is 8.87. The molecule has 6 nitrogen and oxygen atoms in total. The molecule has 1 fully saturated rings. The van der Waals surface area contributed by atoms with E-state index in [2.05, 4.69) is 45.4 Å². The van der Waals surface area contributed by atoms with Gasteiger partial charge in [0.2, 0.25) is 0 Å². The molecule has 0 amide bonds. The lowest BCUT2D eigenvalue weighted by Gasteiger charge is -2.36. The highest BCUT2D eigenvalue weighted by molar-refractivity contribution is 6.28. The van der Waals surface area contributed by atoms with E-state index in [1.54, 1.807) is 0 Å². The molecule has 166 valence electrons. The van der Waals surface area contributed by atoms with Crippen molar-refractivity contribution in [3.63, 3.8) is 0 Å². The number of piperazine rings is 1. The average molecular weight is 439 g/mol. The molecule has 2 aliphatic rings. The normalized spacial score (nSPS) is 15.7. The smallest absolute Gasteiger partial charge is 0.196 e. The van der Waals surface area contributed by atoms with Crippen LogP contribution in [0.3, 0.4) is 0 Å². The lowest BCUT2D eigenvalue weighted by atomic mass is 9.86. The zero-order chi connectivity index (χ0) is 22.4. The Kier molecular flexibility index (Phi) is 4.88. The molecule has 6 heteroatoms. The molecule has 1 saturated heterocycles. The summed E-state index contributed by atoms with van der Waals surface area (Å²) < 4.78 is 5.90. The number of carbonyl (C=O) groups is 1. The van der Waals surface area contributed by atoms with Crippen molar-refractivity contribution in [3.05, 3.63) is 77.4 Å². The minimum Gasteiger partial charge on any atom is -0.380 e. The maximum Gasteiger partial charge on any atom is 0.196 e. The van der Waals surface area contributed by atoms with E-state index in [4.69, 9.17) is 4.52 Å². The van der Waals surface area contributed by atoms with Crippen LogP contribution >= 0.6 is 0 Å². The Morgan fingerprint density at radius 2 is 1.70 bits per heavy atom. The first-order valence-electron chi connectivity index (χ1n) is 11.6. The van der Waals surface area contributed by atoms with E-state index in [0.717, 1.165) is 66.1 Å². The molecule has 1 aromatic heterocycles. The van der Waals surface area contributed by atoms with Crippen molar-refractivity contribution >= 4 is 28.1 Å². The molecule has 1 N–H and O–H groups in total. The fourth-order valence-electron chi connectivity index (χ4n) is 5.02. The fourth-order valence-corrected chi connectivity index (χ4v) is 5.02. The molecule has 3 aromatic carbocycles. The van der Waals surface area contributed by atoms with Crippen molar-refractivity contribution in [3.8, 4) is 11.3 Å². The molecule has 0 atom stereocenters. The second-order valence-electron chi connectivity index (χ2n) is 8.69. The summed E-state index contributed by atoms with van der Waals surface area (Å²) in [7, 11) is 0. The van der Waals surface area contributed by atoms with Crippen LogP contribution in [-0.4, -0.2) is 48.6 Å². The maximum absolute atomic E-state index is 13.7. The zero-order valence-electron chi connectivity index (χ0n) is 18.7. The standard InChI is InChI=1S/C27H26N4O2/c1-2-30-12-14-31(15-13-30)22-16-21(28-17-18-8-4-3-5-9-18)23-24-25(22)29-33-27(24)20-11-7-6-10-19(20)26(23)32/h3-11,16,28H,2,12-15,17H2,1H3. The highest BCUT2D eigenvalue weighted by Gasteiger charge is 2.34. The largest absolute Gasteiger partial charge is 0.380 e. The Bertz CT molecular complexity index is 1340. The number of hydrogen-bond donors (Lipinski definition) is 1. The van der Waals surface area contributed by atoms with E-state index in [1.807, 2.05) is 42.5 Å². The Morgan fingerprint density at radius 3 is 2.45 bits per heavy atom. The summed E-state index contributed by atoms with van der Waals surface area (Å²) in [5.74, 6) is 0.705. The van der Waals surface area contributed by atoms with Gasteiger partial charge in [-0.2, -0.15) is 0 Å². The monoisotopic (exact) mass is 438 g/mol. The van der Waals surface area contributed by atoms with Gasteiger partial charge in [-0.15, -0.1) is 0 Å². The topological polar surface area (TPSA) is 61.6 Å². The van der Waals surface area contributed by atoms with E-state index in [-0.39, 0.29) is 5.78 Å². The number of carbonyl (C=O) groups excluding carboxylic acids is 1. The first-order chi connectivity index (χ1) is 16.2. The van der Waals surface area contributed by atoms with E-state index in [9.17, 15) is 4.79 Å². The number of nitrogens with one attached hydrogen (secondary N) is 1. The summed E-state index contributed by atoms with van der Waals surface area (Å²) in [6, 6.07) is 20.0. The van der Waals surface area contributed by atoms with Gasteiger partial charge in [-0.05, 0) is 18.2 Å². The molecule has 1 aliphatic carbocycles. The molecule has 0 radical (unpaired) electrons. The van der Waals surface area contributed by atoms with Crippen molar-refractivity contribution in [2.75, 3.05) is 42.9 Å². The molecule has 0 bridgehead atoms. The zero-order valence-corrected chi connectivity index (χ0v) is 18.7. The van der Waals surface area contributed by atoms with E-state index in [1.165, 1.54) is 0 Å². The Morgan fingerprint density at radius 1 is 0.970 bits per heavy atom. The van der Waals surface area contributed by atoms with Crippen LogP contribution in [0, 0.1) is 0 Å². The van der Waals surface area contributed by atoms with Gasteiger partial charge in [0.15, 0.2) is 11.5 Å². The predicted molar refractivity (Wildman–Crippen MR) is 131 cm³/mol. The van der Waals surface area contributed by atoms with Gasteiger partial charge in [-0.1, -0.05) is 66.7 Å². The summed E-state index contributed by atoms with van der Waals surface area (Å²) in [5.41, 5.74) is 5.95. The Hall–Kier alpha value is -3.64. The van der Waals surface area contributed by atoms with E-state index < -0.39 is 0 Å². The number of rotatable bonds is 5. The maximum atomic E-state index is 13.7. The molecule has 4 aromatic rings. The third-order valence-corrected chi connectivity index (χ3v) is 6.86. The van der Waals surface area contributed by atoms with Crippen molar-refractivity contribution in [2.24, 2.45) is 0 Å². The molecular formula is C27H26N4O2. The Labute approximate surface area is 192 Å². The van der Waals surface area contributed by atoms with Crippen LogP contribution in [0.15, 0.2) is 65.2 Å². The number of benzene rings is 3. The number of fused-ring (bicyclic) bond motifs is 2. The van der Waals surface area contributed by atoms with Crippen LogP contribution < -0.4 is 10.2 Å². The van der Waals surface area contributed by atoms with Crippen LogP contribution in [0.1, 0.15) is 28.4 Å². The van der Waals surface area contributed by atoms with Gasteiger partial charge >= 0.3 is 0 Å². The second kappa shape index (κ2) is 8.05. The second-order valence-corrected chi connectivity index (χ2v) is 8.69. The average Bonchev–Trinajstić information content (AvgIpc) is 3.32. The number of nitrogens with zero attached hydrogens (tertiary/aromatic N) is 3. The lowest BCUT2D eigenvalue weighted by molar-refractivity contribution is 0.104. The fraction of sp³-hybridized carbons (Fsp3) is 0.259. The van der Waals surface area contributed by atoms with Crippen molar-refractivity contribution in [2.45, 2.75) is 13.5 Å². The number of hydrogen-bond acceptors (Lipinski definition) is 6. The number of ketones is 1. The van der Waals surface area contributed by atoms with Crippen molar-refractivity contribution < 1.29 is 9.32 Å². The number of aromatic nitrogens is 1. The van der Waals surface area contributed by atoms with Gasteiger partial charge in [0.25, 0.3) is 0 Å². The molecule has 0 saturated carbocycles. The van der Waals surface area contributed by atoms with E-state index in [0.29, 0.717) is 23.4 Å². The van der Waals surface area contributed by atoms with Gasteiger partial charge in [-0.3, -0.25) is 4.79 Å². The van der Waals surface area contributed by atoms with Gasteiger partial charge in [-0.25, -0.2) is 0 Å². The molecule has 6 rings (SSSR count). The van der Waals surface area contributed by atoms with Crippen LogP contribution in [0.5, 0.6) is 0 Å². The predicted octanol–water partition coefficient (Wildman–Crippen LogP) is 4.79. The lowest BCUT2D eigenvalue weighted by Crippen LogP contribution is -2.46. The molecule has 1 aliphatic heterocycles. The third kappa shape index (κ3) is 3.29. The van der Waals surface area contributed by atoms with Gasteiger partial charge in [0.05, 0.1) is 16.6 Å². The molecule has 2 heterocycles. The van der Waals surface area contributed by atoms with Crippen LogP contribution in [0.2, 0.25) is 0 Å². The summed E-state index contributed by atoms with van der Waals surface area (Å²) in [4.78, 5) is 18.5. The third-order valence-electron chi connectivity index (χ3n) is 6.86. The highest BCUT2D eigenvalue weighted by atomic mass is 16.5. The van der Waals surface area contributed by atoms with E-state index >= 15 is 0 Å². The number of likely N-dealkylation sites (N-methyl/N-ethyl adjacent to an activating group) is 1. The minimum atomic E-state index is 0.0178. The van der Waals surface area contributed by atoms with Crippen molar-refractivity contribution in [1.29, 1.82) is 0 Å². The Balaban J connectivity index is 1.50. The molecule has 33 heavy (non-hydrogen) atoms. The van der Waals surface area contributed by atoms with Crippen LogP contribution in [0.25, 0.3) is 22.2 Å². The van der Waals surface area contributed by atoms with Gasteiger partial charge < -0.3 is 19.6 Å². The minimum absolute atomic E-state index is 0.0178. The summed E-state index contributed by atoms with van der Waals surface area (Å²) in [6.07, 6.45) is 0. The molecule has 0 unspecified atom stereocenters. The highest BCUT2D eigenvalue weighted by Crippen LogP contribution is 2.46. The van der Waals surface area contributed by atoms with Gasteiger partial charge in [0.1, 0.15) is 5.52 Å². The van der Waals surface area contributed by atoms with Crippen molar-refractivity contribution in [1.82, 2.24) is 10.1 Å². The number of anilines is 2. The quantitative estimate of drug-likeness (QED) is 0.426. The first kappa shape index (κ1) is 20.0. The first-order valence-corrected chi connectivity index (χ1v) is 11.6. The SMILES string of the molecule is CCN1CCN(c2cc(NCc3ccccc3)c3c4c(onc24)-c2ccccc2C3=O)CC1. The van der Waals surface area contributed by atoms with Crippen LogP contribution in [0.4, 0.5) is 11.4 Å². The molecular weight excluding hydrogens is 412 g/mol. The summed E-state index contributed by atoms with van der Waals surface area (Å²) in [6.45, 7) is 7.77. The molecule has 0 spiro atoms. The van der Waals surface area contributed by atoms with Gasteiger partial charge in [0, 0.05) is 49.5 Å².